The topological polar surface area (TPSA) is 49.8 Å². The molecule has 2 nitrogen and oxygen atoms in total. The van der Waals surface area contributed by atoms with Crippen molar-refractivity contribution >= 4 is 0 Å². The summed E-state index contributed by atoms with van der Waals surface area (Å²) in [5, 5.41) is 9.44. The Balaban J connectivity index is 2.79. The first kappa shape index (κ1) is 20.5. The standard InChI is InChI=1S/C21H40N2/c1-17(23)14-18-10-7-8-12-21(6,13-9-11-18)20(4,5)15-19(2,3)16-22/h17-18H,7-15,23H2,1-6H3. The van der Waals surface area contributed by atoms with Gasteiger partial charge in [-0.05, 0) is 63.2 Å². The first-order valence-electron chi connectivity index (χ1n) is 9.68. The maximum Gasteiger partial charge on any atom is 0.0684 e. The second-order valence-electron chi connectivity index (χ2n) is 9.83. The van der Waals surface area contributed by atoms with Crippen LogP contribution in [-0.2, 0) is 0 Å². The molecular formula is C21H40N2. The highest BCUT2D eigenvalue weighted by molar-refractivity contribution is 5.00. The van der Waals surface area contributed by atoms with Gasteiger partial charge < -0.3 is 5.73 Å². The lowest BCUT2D eigenvalue weighted by Gasteiger charge is -2.47. The van der Waals surface area contributed by atoms with Crippen LogP contribution in [0.15, 0.2) is 0 Å². The number of nitrogens with zero attached hydrogens (tertiary/aromatic N) is 1. The van der Waals surface area contributed by atoms with E-state index in [1.54, 1.807) is 0 Å². The molecular weight excluding hydrogens is 280 g/mol. The minimum atomic E-state index is -0.234. The van der Waals surface area contributed by atoms with Crippen LogP contribution in [0.1, 0.15) is 99.3 Å². The maximum atomic E-state index is 9.44. The highest BCUT2D eigenvalue weighted by atomic mass is 14.6. The van der Waals surface area contributed by atoms with Crippen LogP contribution in [-0.4, -0.2) is 6.04 Å². The summed E-state index contributed by atoms with van der Waals surface area (Å²) >= 11 is 0. The van der Waals surface area contributed by atoms with E-state index in [0.29, 0.717) is 11.5 Å². The van der Waals surface area contributed by atoms with E-state index in [4.69, 9.17) is 5.73 Å². The fourth-order valence-electron chi connectivity index (χ4n) is 4.79. The Hall–Kier alpha value is -0.550. The van der Waals surface area contributed by atoms with Crippen molar-refractivity contribution in [1.29, 1.82) is 5.26 Å². The normalized spacial score (nSPS) is 29.0. The molecule has 1 rings (SSSR count). The van der Waals surface area contributed by atoms with Gasteiger partial charge in [0, 0.05) is 6.04 Å². The van der Waals surface area contributed by atoms with Gasteiger partial charge in [-0.15, -0.1) is 0 Å². The predicted octanol–water partition coefficient (Wildman–Crippen LogP) is 6.06. The molecule has 0 bridgehead atoms. The van der Waals surface area contributed by atoms with E-state index in [1.807, 2.05) is 0 Å². The number of nitrogens with two attached hydrogens (primary N) is 1. The van der Waals surface area contributed by atoms with E-state index >= 15 is 0 Å². The predicted molar refractivity (Wildman–Crippen MR) is 100.0 cm³/mol. The average Bonchev–Trinajstić information content (AvgIpc) is 2.49. The molecule has 0 amide bonds. The molecule has 0 aliphatic heterocycles. The first-order chi connectivity index (χ1) is 10.5. The van der Waals surface area contributed by atoms with Gasteiger partial charge in [-0.25, -0.2) is 0 Å². The van der Waals surface area contributed by atoms with Crippen LogP contribution in [0.2, 0.25) is 0 Å². The van der Waals surface area contributed by atoms with Crippen LogP contribution >= 0.6 is 0 Å². The molecule has 0 radical (unpaired) electrons. The van der Waals surface area contributed by atoms with Crippen molar-refractivity contribution in [2.75, 3.05) is 0 Å². The first-order valence-corrected chi connectivity index (χ1v) is 9.68. The highest BCUT2D eigenvalue weighted by Gasteiger charge is 2.43. The van der Waals surface area contributed by atoms with Crippen molar-refractivity contribution < 1.29 is 0 Å². The second-order valence-corrected chi connectivity index (χ2v) is 9.83. The van der Waals surface area contributed by atoms with E-state index < -0.39 is 0 Å². The van der Waals surface area contributed by atoms with Gasteiger partial charge in [-0.1, -0.05) is 52.9 Å². The van der Waals surface area contributed by atoms with E-state index in [-0.39, 0.29) is 10.8 Å². The quantitative estimate of drug-likeness (QED) is 0.669. The van der Waals surface area contributed by atoms with Gasteiger partial charge in [0.05, 0.1) is 11.5 Å². The summed E-state index contributed by atoms with van der Waals surface area (Å²) in [7, 11) is 0. The molecule has 3 unspecified atom stereocenters. The highest BCUT2D eigenvalue weighted by Crippen LogP contribution is 2.52. The summed E-state index contributed by atoms with van der Waals surface area (Å²) < 4.78 is 0. The van der Waals surface area contributed by atoms with Crippen LogP contribution in [0, 0.1) is 33.5 Å². The number of rotatable bonds is 5. The monoisotopic (exact) mass is 320 g/mol. The molecule has 0 heterocycles. The van der Waals surface area contributed by atoms with Crippen molar-refractivity contribution in [2.24, 2.45) is 27.9 Å². The Morgan fingerprint density at radius 1 is 1.13 bits per heavy atom. The lowest BCUT2D eigenvalue weighted by molar-refractivity contribution is 0.0307. The van der Waals surface area contributed by atoms with Gasteiger partial charge in [0.25, 0.3) is 0 Å². The molecule has 134 valence electrons. The second kappa shape index (κ2) is 8.02. The van der Waals surface area contributed by atoms with E-state index in [2.05, 4.69) is 47.6 Å². The van der Waals surface area contributed by atoms with E-state index in [9.17, 15) is 5.26 Å². The van der Waals surface area contributed by atoms with Crippen LogP contribution in [0.25, 0.3) is 0 Å². The third-order valence-corrected chi connectivity index (χ3v) is 6.46. The molecule has 2 N–H and O–H groups in total. The zero-order valence-corrected chi connectivity index (χ0v) is 16.5. The zero-order valence-electron chi connectivity index (χ0n) is 16.5. The van der Waals surface area contributed by atoms with Gasteiger partial charge in [-0.2, -0.15) is 5.26 Å². The summed E-state index contributed by atoms with van der Waals surface area (Å²) in [6, 6.07) is 2.84. The summed E-state index contributed by atoms with van der Waals surface area (Å²) in [6.07, 6.45) is 11.4. The molecule has 0 aromatic rings. The van der Waals surface area contributed by atoms with Gasteiger partial charge in [0.1, 0.15) is 0 Å². The smallest absolute Gasteiger partial charge is 0.0684 e. The molecule has 1 aliphatic carbocycles. The molecule has 0 spiro atoms. The van der Waals surface area contributed by atoms with Gasteiger partial charge in [0.15, 0.2) is 0 Å². The Morgan fingerprint density at radius 3 is 2.26 bits per heavy atom. The van der Waals surface area contributed by atoms with E-state index in [1.165, 1.54) is 51.4 Å². The molecule has 0 aromatic heterocycles. The molecule has 23 heavy (non-hydrogen) atoms. The van der Waals surface area contributed by atoms with Crippen LogP contribution in [0.3, 0.4) is 0 Å². The van der Waals surface area contributed by atoms with Crippen LogP contribution in [0.4, 0.5) is 0 Å². The largest absolute Gasteiger partial charge is 0.328 e. The fourth-order valence-corrected chi connectivity index (χ4v) is 4.79. The van der Waals surface area contributed by atoms with Crippen molar-refractivity contribution in [1.82, 2.24) is 0 Å². The van der Waals surface area contributed by atoms with Crippen molar-refractivity contribution in [3.63, 3.8) is 0 Å². The van der Waals surface area contributed by atoms with Crippen LogP contribution in [0.5, 0.6) is 0 Å². The third kappa shape index (κ3) is 6.11. The Kier molecular flexibility index (Phi) is 7.14. The van der Waals surface area contributed by atoms with E-state index in [0.717, 1.165) is 12.3 Å². The van der Waals surface area contributed by atoms with Crippen LogP contribution < -0.4 is 5.73 Å². The molecule has 2 heteroatoms. The number of nitriles is 1. The third-order valence-electron chi connectivity index (χ3n) is 6.46. The number of hydrogen-bond donors (Lipinski definition) is 1. The summed E-state index contributed by atoms with van der Waals surface area (Å²) in [6.45, 7) is 13.6. The molecule has 3 atom stereocenters. The molecule has 0 aromatic carbocycles. The lowest BCUT2D eigenvalue weighted by atomic mass is 9.57. The minimum absolute atomic E-state index is 0.202. The molecule has 1 fully saturated rings. The molecule has 1 saturated carbocycles. The Morgan fingerprint density at radius 2 is 1.70 bits per heavy atom. The summed E-state index contributed by atoms with van der Waals surface area (Å²) in [5.74, 6) is 0.816. The number of hydrogen-bond acceptors (Lipinski definition) is 2. The zero-order chi connectivity index (χ0) is 17.7. The Bertz CT molecular complexity index is 403. The Labute approximate surface area is 145 Å². The summed E-state index contributed by atoms with van der Waals surface area (Å²) in [4.78, 5) is 0. The minimum Gasteiger partial charge on any atom is -0.328 e. The molecule has 1 aliphatic rings. The maximum absolute atomic E-state index is 9.44. The SMILES string of the molecule is CC(N)CC1CCCCC(C)(C(C)(C)CC(C)(C)C#N)CCC1. The van der Waals surface area contributed by atoms with Gasteiger partial charge in [0.2, 0.25) is 0 Å². The fraction of sp³-hybridized carbons (Fsp3) is 0.952. The lowest BCUT2D eigenvalue weighted by Crippen LogP contribution is -2.38. The molecule has 0 saturated heterocycles. The van der Waals surface area contributed by atoms with Crippen molar-refractivity contribution in [3.8, 4) is 6.07 Å². The summed E-state index contributed by atoms with van der Waals surface area (Å²) in [5.41, 5.74) is 6.33. The van der Waals surface area contributed by atoms with Gasteiger partial charge in [-0.3, -0.25) is 0 Å². The average molecular weight is 321 g/mol. The van der Waals surface area contributed by atoms with Crippen molar-refractivity contribution in [2.45, 2.75) is 105 Å². The van der Waals surface area contributed by atoms with Gasteiger partial charge >= 0.3 is 0 Å². The van der Waals surface area contributed by atoms with Crippen molar-refractivity contribution in [3.05, 3.63) is 0 Å².